The summed E-state index contributed by atoms with van der Waals surface area (Å²) in [4.78, 5) is 3.52. The van der Waals surface area contributed by atoms with Gasteiger partial charge in [-0.2, -0.15) is 0 Å². The van der Waals surface area contributed by atoms with Crippen molar-refractivity contribution in [3.8, 4) is 0 Å². The number of allylic oxidation sites excluding steroid dienone is 2. The molecule has 0 fully saturated rings. The first-order valence-corrected chi connectivity index (χ1v) is 4.41. The second kappa shape index (κ2) is 3.18. The van der Waals surface area contributed by atoms with E-state index in [1.54, 1.807) is 11.8 Å². The fourth-order valence-electron chi connectivity index (χ4n) is 1.05. The lowest BCUT2D eigenvalue weighted by molar-refractivity contribution is 0.514. The number of nitrogens with zero attached hydrogens (tertiary/aromatic N) is 1. The van der Waals surface area contributed by atoms with Crippen LogP contribution in [0.25, 0.3) is 0 Å². The van der Waals surface area contributed by atoms with Gasteiger partial charge in [-0.25, -0.2) is 0 Å². The highest BCUT2D eigenvalue weighted by Gasteiger charge is 2.18. The van der Waals surface area contributed by atoms with Crippen molar-refractivity contribution in [2.24, 2.45) is 0 Å². The number of thioether (sulfide) groups is 1. The summed E-state index contributed by atoms with van der Waals surface area (Å²) in [5, 5.41) is 1.11. The van der Waals surface area contributed by atoms with Crippen molar-refractivity contribution in [1.82, 2.24) is 4.90 Å². The Kier molecular flexibility index (Phi) is 2.45. The van der Waals surface area contributed by atoms with Gasteiger partial charge in [0.1, 0.15) is 0 Å². The molecule has 1 heterocycles. The van der Waals surface area contributed by atoms with Gasteiger partial charge in [-0.15, -0.1) is 6.58 Å². The maximum absolute atomic E-state index is 3.95. The van der Waals surface area contributed by atoms with Crippen LogP contribution in [0.2, 0.25) is 0 Å². The smallest absolute Gasteiger partial charge is 0.0725 e. The molecule has 0 atom stereocenters. The first-order chi connectivity index (χ1) is 5.16. The average Bonchev–Trinajstić information content (AvgIpc) is 2.17. The van der Waals surface area contributed by atoms with E-state index in [0.29, 0.717) is 0 Å². The Morgan fingerprint density at radius 1 is 1.55 bits per heavy atom. The minimum absolute atomic E-state index is 0.870. The van der Waals surface area contributed by atoms with Gasteiger partial charge in [0.25, 0.3) is 0 Å². The highest BCUT2D eigenvalue weighted by atomic mass is 32.2. The van der Waals surface area contributed by atoms with E-state index in [9.17, 15) is 0 Å². The van der Waals surface area contributed by atoms with Gasteiger partial charge in [-0.1, -0.05) is 24.4 Å². The Balaban J connectivity index is 2.78. The van der Waals surface area contributed by atoms with Crippen LogP contribution in [0.3, 0.4) is 0 Å². The van der Waals surface area contributed by atoms with Crippen LogP contribution in [0.1, 0.15) is 13.8 Å². The van der Waals surface area contributed by atoms with Crippen molar-refractivity contribution in [3.05, 3.63) is 34.9 Å². The Hall–Kier alpha value is -0.630. The summed E-state index contributed by atoms with van der Waals surface area (Å²) in [5.41, 5.74) is 1.31. The third kappa shape index (κ3) is 1.51. The maximum Gasteiger partial charge on any atom is 0.0725 e. The topological polar surface area (TPSA) is 3.24 Å². The van der Waals surface area contributed by atoms with E-state index in [1.807, 2.05) is 6.08 Å². The Labute approximate surface area is 72.5 Å². The highest BCUT2D eigenvalue weighted by Crippen LogP contribution is 2.38. The van der Waals surface area contributed by atoms with Gasteiger partial charge in [0.05, 0.1) is 5.03 Å². The SMILES string of the molecule is C=CCN1C(=C)SC(C)=C1C. The molecule has 1 aliphatic heterocycles. The van der Waals surface area contributed by atoms with Crippen molar-refractivity contribution in [2.75, 3.05) is 6.54 Å². The second-order valence-electron chi connectivity index (χ2n) is 2.54. The van der Waals surface area contributed by atoms with Crippen LogP contribution in [0, 0.1) is 0 Å². The molecule has 0 N–H and O–H groups in total. The number of hydrogen-bond donors (Lipinski definition) is 0. The first kappa shape index (κ1) is 8.47. The summed E-state index contributed by atoms with van der Waals surface area (Å²) in [5.74, 6) is 0. The van der Waals surface area contributed by atoms with Crippen LogP contribution in [-0.2, 0) is 0 Å². The molecule has 2 heteroatoms. The van der Waals surface area contributed by atoms with Crippen molar-refractivity contribution in [1.29, 1.82) is 0 Å². The lowest BCUT2D eigenvalue weighted by Crippen LogP contribution is -2.14. The van der Waals surface area contributed by atoms with Gasteiger partial charge in [-0.05, 0) is 13.8 Å². The highest BCUT2D eigenvalue weighted by molar-refractivity contribution is 8.06. The predicted molar refractivity (Wildman–Crippen MR) is 52.0 cm³/mol. The summed E-state index contributed by atoms with van der Waals surface area (Å²) >= 11 is 1.74. The summed E-state index contributed by atoms with van der Waals surface area (Å²) in [6, 6.07) is 0. The van der Waals surface area contributed by atoms with Gasteiger partial charge in [-0.3, -0.25) is 0 Å². The monoisotopic (exact) mass is 167 g/mol. The predicted octanol–water partition coefficient (Wildman–Crippen LogP) is 2.94. The van der Waals surface area contributed by atoms with Crippen LogP contribution in [0.15, 0.2) is 34.9 Å². The lowest BCUT2D eigenvalue weighted by Gasteiger charge is -2.17. The molecule has 0 aromatic carbocycles. The zero-order valence-electron chi connectivity index (χ0n) is 7.05. The first-order valence-electron chi connectivity index (χ1n) is 3.59. The zero-order chi connectivity index (χ0) is 8.43. The van der Waals surface area contributed by atoms with Gasteiger partial charge in [0.2, 0.25) is 0 Å². The molecule has 0 aliphatic carbocycles. The number of hydrogen-bond acceptors (Lipinski definition) is 2. The van der Waals surface area contributed by atoms with Crippen molar-refractivity contribution in [3.63, 3.8) is 0 Å². The Morgan fingerprint density at radius 2 is 2.18 bits per heavy atom. The summed E-state index contributed by atoms with van der Waals surface area (Å²) in [7, 11) is 0. The standard InChI is InChI=1S/C9H13NS/c1-5-6-10-7(2)8(3)11-9(10)4/h5H,1,4,6H2,2-3H3. The van der Waals surface area contributed by atoms with Crippen LogP contribution in [-0.4, -0.2) is 11.4 Å². The van der Waals surface area contributed by atoms with Crippen LogP contribution < -0.4 is 0 Å². The molecule has 0 saturated heterocycles. The van der Waals surface area contributed by atoms with Crippen molar-refractivity contribution < 1.29 is 0 Å². The van der Waals surface area contributed by atoms with Gasteiger partial charge in [0.15, 0.2) is 0 Å². The third-order valence-corrected chi connectivity index (χ3v) is 2.86. The zero-order valence-corrected chi connectivity index (χ0v) is 7.87. The van der Waals surface area contributed by atoms with Gasteiger partial charge < -0.3 is 4.90 Å². The van der Waals surface area contributed by atoms with E-state index in [-0.39, 0.29) is 0 Å². The van der Waals surface area contributed by atoms with Crippen molar-refractivity contribution in [2.45, 2.75) is 13.8 Å². The molecule has 1 rings (SSSR count). The van der Waals surface area contributed by atoms with E-state index in [4.69, 9.17) is 0 Å². The molecule has 0 amide bonds. The molecule has 0 radical (unpaired) electrons. The van der Waals surface area contributed by atoms with Crippen LogP contribution >= 0.6 is 11.8 Å². The molecule has 1 aliphatic rings. The van der Waals surface area contributed by atoms with Gasteiger partial charge >= 0.3 is 0 Å². The molecule has 11 heavy (non-hydrogen) atoms. The average molecular weight is 167 g/mol. The molecular formula is C9H13NS. The summed E-state index contributed by atoms with van der Waals surface area (Å²) < 4.78 is 0. The molecular weight excluding hydrogens is 154 g/mol. The van der Waals surface area contributed by atoms with E-state index in [1.165, 1.54) is 10.6 Å². The minimum atomic E-state index is 0.870. The Bertz CT molecular complexity index is 228. The second-order valence-corrected chi connectivity index (χ2v) is 3.82. The largest absolute Gasteiger partial charge is 0.336 e. The summed E-state index contributed by atoms with van der Waals surface area (Å²) in [6.07, 6.45) is 1.90. The molecule has 0 spiro atoms. The van der Waals surface area contributed by atoms with E-state index in [2.05, 4.69) is 31.9 Å². The van der Waals surface area contributed by atoms with Crippen LogP contribution in [0.5, 0.6) is 0 Å². The molecule has 0 bridgehead atoms. The van der Waals surface area contributed by atoms with Crippen LogP contribution in [0.4, 0.5) is 0 Å². The fourth-order valence-corrected chi connectivity index (χ4v) is 1.98. The van der Waals surface area contributed by atoms with Gasteiger partial charge in [0, 0.05) is 17.1 Å². The molecule has 0 unspecified atom stereocenters. The maximum atomic E-state index is 3.95. The van der Waals surface area contributed by atoms with E-state index in [0.717, 1.165) is 11.6 Å². The minimum Gasteiger partial charge on any atom is -0.336 e. The molecule has 1 nitrogen and oxygen atoms in total. The molecule has 0 aromatic rings. The number of rotatable bonds is 2. The summed E-state index contributed by atoms with van der Waals surface area (Å²) in [6.45, 7) is 12.8. The molecule has 0 aromatic heterocycles. The third-order valence-electron chi connectivity index (χ3n) is 1.80. The normalized spacial score (nSPS) is 18.0. The van der Waals surface area contributed by atoms with Crippen molar-refractivity contribution >= 4 is 11.8 Å². The molecule has 0 saturated carbocycles. The lowest BCUT2D eigenvalue weighted by atomic mass is 10.4. The molecule has 60 valence electrons. The Morgan fingerprint density at radius 3 is 2.55 bits per heavy atom. The quantitative estimate of drug-likeness (QED) is 0.582. The van der Waals surface area contributed by atoms with E-state index >= 15 is 0 Å². The van der Waals surface area contributed by atoms with E-state index < -0.39 is 0 Å². The fraction of sp³-hybridized carbons (Fsp3) is 0.333.